The monoisotopic (exact) mass is 284 g/mol. The van der Waals surface area contributed by atoms with Crippen molar-refractivity contribution in [1.82, 2.24) is 20.0 Å². The Morgan fingerprint density at radius 2 is 2.10 bits per heavy atom. The standard InChI is InChI=1S/C16H20N4O/c1-12-10-17-8-9-19(12)16(21)15-11-20(18-13(15)2)14-6-4-3-5-7-14/h3-7,11-12,17H,8-10H2,1-2H3/t12-/m1/s1. The zero-order valence-electron chi connectivity index (χ0n) is 12.4. The Labute approximate surface area is 124 Å². The first-order chi connectivity index (χ1) is 10.2. The molecule has 0 radical (unpaired) electrons. The summed E-state index contributed by atoms with van der Waals surface area (Å²) in [5.41, 5.74) is 2.43. The molecule has 5 nitrogen and oxygen atoms in total. The number of amides is 1. The molecule has 5 heteroatoms. The minimum absolute atomic E-state index is 0.0729. The number of piperazine rings is 1. The summed E-state index contributed by atoms with van der Waals surface area (Å²) in [4.78, 5) is 14.6. The lowest BCUT2D eigenvalue weighted by Gasteiger charge is -2.33. The number of nitrogens with zero attached hydrogens (tertiary/aromatic N) is 3. The van der Waals surface area contributed by atoms with E-state index in [9.17, 15) is 4.79 Å². The Morgan fingerprint density at radius 3 is 2.81 bits per heavy atom. The number of aromatic nitrogens is 2. The van der Waals surface area contributed by atoms with Gasteiger partial charge in [0.1, 0.15) is 0 Å². The number of benzene rings is 1. The number of carbonyl (C=O) groups is 1. The number of carbonyl (C=O) groups excluding carboxylic acids is 1. The molecule has 1 amide bonds. The van der Waals surface area contributed by atoms with Gasteiger partial charge in [-0.25, -0.2) is 4.68 Å². The third-order valence-electron chi connectivity index (χ3n) is 3.91. The third-order valence-corrected chi connectivity index (χ3v) is 3.91. The summed E-state index contributed by atoms with van der Waals surface area (Å²) in [7, 11) is 0. The van der Waals surface area contributed by atoms with Crippen molar-refractivity contribution in [3.8, 4) is 5.69 Å². The van der Waals surface area contributed by atoms with Gasteiger partial charge in [0.25, 0.3) is 5.91 Å². The molecule has 0 unspecified atom stereocenters. The van der Waals surface area contributed by atoms with Crippen LogP contribution in [0.2, 0.25) is 0 Å². The fourth-order valence-electron chi connectivity index (χ4n) is 2.68. The van der Waals surface area contributed by atoms with Crippen molar-refractivity contribution in [2.75, 3.05) is 19.6 Å². The van der Waals surface area contributed by atoms with Crippen LogP contribution in [0.1, 0.15) is 23.0 Å². The number of nitrogens with one attached hydrogen (secondary N) is 1. The summed E-state index contributed by atoms with van der Waals surface area (Å²) < 4.78 is 1.77. The van der Waals surface area contributed by atoms with Gasteiger partial charge in [-0.3, -0.25) is 4.79 Å². The molecule has 1 fully saturated rings. The van der Waals surface area contributed by atoms with E-state index < -0.39 is 0 Å². The van der Waals surface area contributed by atoms with Crippen LogP contribution < -0.4 is 5.32 Å². The lowest BCUT2D eigenvalue weighted by Crippen LogP contribution is -2.52. The van der Waals surface area contributed by atoms with Gasteiger partial charge in [0, 0.05) is 31.9 Å². The van der Waals surface area contributed by atoms with Gasteiger partial charge >= 0.3 is 0 Å². The average molecular weight is 284 g/mol. The maximum Gasteiger partial charge on any atom is 0.257 e. The van der Waals surface area contributed by atoms with Gasteiger partial charge in [-0.15, -0.1) is 0 Å². The van der Waals surface area contributed by atoms with Crippen molar-refractivity contribution in [3.63, 3.8) is 0 Å². The van der Waals surface area contributed by atoms with Crippen LogP contribution in [0.25, 0.3) is 5.69 Å². The molecular weight excluding hydrogens is 264 g/mol. The second kappa shape index (κ2) is 5.69. The fraction of sp³-hybridized carbons (Fsp3) is 0.375. The highest BCUT2D eigenvalue weighted by Gasteiger charge is 2.26. The van der Waals surface area contributed by atoms with Crippen molar-refractivity contribution >= 4 is 5.91 Å². The van der Waals surface area contributed by atoms with Crippen LogP contribution in [0.3, 0.4) is 0 Å². The number of hydrogen-bond acceptors (Lipinski definition) is 3. The third kappa shape index (κ3) is 2.69. The van der Waals surface area contributed by atoms with Crippen molar-refractivity contribution in [2.24, 2.45) is 0 Å². The number of para-hydroxylation sites is 1. The van der Waals surface area contributed by atoms with Crippen LogP contribution in [0.5, 0.6) is 0 Å². The smallest absolute Gasteiger partial charge is 0.257 e. The quantitative estimate of drug-likeness (QED) is 0.911. The molecule has 1 aromatic heterocycles. The van der Waals surface area contributed by atoms with Gasteiger partial charge in [0.2, 0.25) is 0 Å². The molecule has 0 spiro atoms. The van der Waals surface area contributed by atoms with E-state index >= 15 is 0 Å². The van der Waals surface area contributed by atoms with E-state index in [0.717, 1.165) is 31.0 Å². The molecule has 110 valence electrons. The molecule has 3 rings (SSSR count). The van der Waals surface area contributed by atoms with Gasteiger partial charge in [0.15, 0.2) is 0 Å². The Bertz CT molecular complexity index is 635. The van der Waals surface area contributed by atoms with E-state index in [1.807, 2.05) is 48.4 Å². The van der Waals surface area contributed by atoms with E-state index in [-0.39, 0.29) is 11.9 Å². The Balaban J connectivity index is 1.89. The van der Waals surface area contributed by atoms with E-state index in [4.69, 9.17) is 0 Å². The van der Waals surface area contributed by atoms with Crippen molar-refractivity contribution in [1.29, 1.82) is 0 Å². The Kier molecular flexibility index (Phi) is 3.75. The molecule has 1 aromatic carbocycles. The summed E-state index contributed by atoms with van der Waals surface area (Å²) in [6.45, 7) is 6.40. The maximum absolute atomic E-state index is 12.7. The minimum Gasteiger partial charge on any atom is -0.333 e. The van der Waals surface area contributed by atoms with Crippen LogP contribution in [-0.2, 0) is 0 Å². The molecular formula is C16H20N4O. The molecule has 0 aliphatic carbocycles. The first-order valence-corrected chi connectivity index (χ1v) is 7.30. The highest BCUT2D eigenvalue weighted by molar-refractivity contribution is 5.95. The number of aryl methyl sites for hydroxylation is 1. The lowest BCUT2D eigenvalue weighted by atomic mass is 10.1. The molecule has 21 heavy (non-hydrogen) atoms. The van der Waals surface area contributed by atoms with Crippen LogP contribution in [0.4, 0.5) is 0 Å². The SMILES string of the molecule is Cc1nn(-c2ccccc2)cc1C(=O)N1CCNC[C@H]1C. The van der Waals surface area contributed by atoms with E-state index in [0.29, 0.717) is 5.56 Å². The summed E-state index contributed by atoms with van der Waals surface area (Å²) in [5.74, 6) is 0.0729. The summed E-state index contributed by atoms with van der Waals surface area (Å²) in [6.07, 6.45) is 1.84. The van der Waals surface area contributed by atoms with Crippen LogP contribution in [-0.4, -0.2) is 46.3 Å². The number of rotatable bonds is 2. The van der Waals surface area contributed by atoms with E-state index in [1.54, 1.807) is 4.68 Å². The van der Waals surface area contributed by atoms with Crippen molar-refractivity contribution in [2.45, 2.75) is 19.9 Å². The van der Waals surface area contributed by atoms with Gasteiger partial charge in [-0.05, 0) is 26.0 Å². The molecule has 1 atom stereocenters. The molecule has 1 N–H and O–H groups in total. The summed E-state index contributed by atoms with van der Waals surface area (Å²) in [5, 5.41) is 7.78. The first-order valence-electron chi connectivity index (χ1n) is 7.30. The first kappa shape index (κ1) is 13.8. The van der Waals surface area contributed by atoms with Crippen LogP contribution in [0, 0.1) is 6.92 Å². The largest absolute Gasteiger partial charge is 0.333 e. The molecule has 1 aliphatic rings. The predicted octanol–water partition coefficient (Wildman–Crippen LogP) is 1.61. The highest BCUT2D eigenvalue weighted by Crippen LogP contribution is 2.16. The minimum atomic E-state index is 0.0729. The normalized spacial score (nSPS) is 18.8. The average Bonchev–Trinajstić information content (AvgIpc) is 2.90. The van der Waals surface area contributed by atoms with Gasteiger partial charge in [-0.1, -0.05) is 18.2 Å². The van der Waals surface area contributed by atoms with Gasteiger partial charge < -0.3 is 10.2 Å². The number of hydrogen-bond donors (Lipinski definition) is 1. The summed E-state index contributed by atoms with van der Waals surface area (Å²) >= 11 is 0. The molecule has 2 aromatic rings. The molecule has 2 heterocycles. The molecule has 1 saturated heterocycles. The zero-order chi connectivity index (χ0) is 14.8. The van der Waals surface area contributed by atoms with Gasteiger partial charge in [0.05, 0.1) is 16.9 Å². The lowest BCUT2D eigenvalue weighted by molar-refractivity contribution is 0.0655. The summed E-state index contributed by atoms with van der Waals surface area (Å²) in [6, 6.07) is 10.1. The second-order valence-corrected chi connectivity index (χ2v) is 5.46. The van der Waals surface area contributed by atoms with Gasteiger partial charge in [-0.2, -0.15) is 5.10 Å². The maximum atomic E-state index is 12.7. The zero-order valence-corrected chi connectivity index (χ0v) is 12.4. The van der Waals surface area contributed by atoms with Crippen molar-refractivity contribution < 1.29 is 4.79 Å². The van der Waals surface area contributed by atoms with Crippen LogP contribution in [0.15, 0.2) is 36.5 Å². The van der Waals surface area contributed by atoms with Crippen molar-refractivity contribution in [3.05, 3.63) is 47.8 Å². The highest BCUT2D eigenvalue weighted by atomic mass is 16.2. The van der Waals surface area contributed by atoms with E-state index in [2.05, 4.69) is 17.3 Å². The Hall–Kier alpha value is -2.14. The molecule has 0 saturated carbocycles. The second-order valence-electron chi connectivity index (χ2n) is 5.46. The molecule has 0 bridgehead atoms. The predicted molar refractivity (Wildman–Crippen MR) is 81.7 cm³/mol. The topological polar surface area (TPSA) is 50.2 Å². The van der Waals surface area contributed by atoms with E-state index in [1.165, 1.54) is 0 Å². The molecule has 1 aliphatic heterocycles. The Morgan fingerprint density at radius 1 is 1.33 bits per heavy atom. The van der Waals surface area contributed by atoms with Crippen LogP contribution >= 0.6 is 0 Å². The fourth-order valence-corrected chi connectivity index (χ4v) is 2.68.